The molecule has 0 spiro atoms. The minimum Gasteiger partial charge on any atom is -0.491 e. The molecular weight excluding hydrogens is 1060 g/mol. The quantitative estimate of drug-likeness (QED) is 0.0403. The van der Waals surface area contributed by atoms with E-state index in [-0.39, 0.29) is 147 Å². The summed E-state index contributed by atoms with van der Waals surface area (Å²) in [5, 5.41) is 0. The molecule has 0 atom stereocenters. The van der Waals surface area contributed by atoms with Crippen molar-refractivity contribution in [1.29, 1.82) is 0 Å². The summed E-state index contributed by atoms with van der Waals surface area (Å²) in [5.74, 6) is 0.873. The lowest BCUT2D eigenvalue weighted by atomic mass is 9.91. The molecular formula is C52H76N4O16S4. The van der Waals surface area contributed by atoms with Gasteiger partial charge in [-0.05, 0) is 74.2 Å². The summed E-state index contributed by atoms with van der Waals surface area (Å²) >= 11 is 0. The zero-order valence-corrected chi connectivity index (χ0v) is 48.2. The molecule has 5 rings (SSSR count). The maximum Gasteiger partial charge on any atom is 0.240 e. The van der Waals surface area contributed by atoms with Gasteiger partial charge in [-0.25, -0.2) is 52.6 Å². The second-order valence-electron chi connectivity index (χ2n) is 17.9. The summed E-state index contributed by atoms with van der Waals surface area (Å²) in [7, 11) is -10.9. The number of benzene rings is 4. The molecule has 0 heterocycles. The molecule has 20 nitrogen and oxygen atoms in total. The molecule has 0 saturated carbocycles. The van der Waals surface area contributed by atoms with Gasteiger partial charge in [0.1, 0.15) is 49.4 Å². The van der Waals surface area contributed by atoms with E-state index in [0.29, 0.717) is 70.2 Å². The highest BCUT2D eigenvalue weighted by molar-refractivity contribution is 7.90. The van der Waals surface area contributed by atoms with Crippen LogP contribution in [0.5, 0.6) is 23.0 Å². The van der Waals surface area contributed by atoms with E-state index in [1.807, 2.05) is 27.7 Å². The molecule has 0 aliphatic heterocycles. The van der Waals surface area contributed by atoms with Gasteiger partial charge in [0, 0.05) is 125 Å². The first-order chi connectivity index (χ1) is 36.3. The van der Waals surface area contributed by atoms with Crippen LogP contribution in [0, 0.1) is 0 Å². The first-order valence-corrected chi connectivity index (χ1v) is 31.3. The number of hydrogen-bond donors (Lipinski definition) is 4. The van der Waals surface area contributed by atoms with Gasteiger partial charge in [-0.2, -0.15) is 0 Å². The van der Waals surface area contributed by atoms with Crippen molar-refractivity contribution >= 4 is 40.1 Å². The van der Waals surface area contributed by atoms with Crippen molar-refractivity contribution in [2.75, 3.05) is 107 Å². The van der Waals surface area contributed by atoms with Gasteiger partial charge in [-0.15, -0.1) is 0 Å². The second kappa shape index (κ2) is 29.5. The average Bonchev–Trinajstić information content (AvgIpc) is 3.38. The molecule has 424 valence electrons. The number of methoxy groups -OCH3 is 4. The highest BCUT2D eigenvalue weighted by Crippen LogP contribution is 2.42. The fourth-order valence-corrected chi connectivity index (χ4v) is 13.2. The van der Waals surface area contributed by atoms with Crippen LogP contribution in [-0.2, 0) is 84.7 Å². The van der Waals surface area contributed by atoms with Crippen molar-refractivity contribution in [2.45, 2.75) is 98.6 Å². The SMILES string of the molecule is CCCNS(=O)(=O)c1cc2c(OCCOC)c(c1)Cc1cc(S(=O)(=O)NCCC)cc(c1OCCOC)Cc1cc(S(=O)(=O)NCCC)cc(c1OCCOC)Cc1cc(S(=O)(=O)NCCC)cc(c1OCCOC)C2. The Hall–Kier alpha value is -4.44. The Bertz CT molecular complexity index is 2530. The van der Waals surface area contributed by atoms with Gasteiger partial charge in [0.2, 0.25) is 40.1 Å². The highest BCUT2D eigenvalue weighted by Gasteiger charge is 2.30. The Labute approximate surface area is 450 Å². The molecule has 4 N–H and O–H groups in total. The van der Waals surface area contributed by atoms with Gasteiger partial charge >= 0.3 is 0 Å². The van der Waals surface area contributed by atoms with Gasteiger partial charge in [0.15, 0.2) is 0 Å². The maximum absolute atomic E-state index is 14.4. The topological polar surface area (TPSA) is 259 Å². The lowest BCUT2D eigenvalue weighted by Gasteiger charge is -2.25. The van der Waals surface area contributed by atoms with Gasteiger partial charge in [-0.1, -0.05) is 27.7 Å². The fraction of sp³-hybridized carbons (Fsp3) is 0.538. The molecule has 0 radical (unpaired) electrons. The summed E-state index contributed by atoms with van der Waals surface area (Å²) in [5.41, 5.74) is 2.39. The predicted molar refractivity (Wildman–Crippen MR) is 288 cm³/mol. The number of fused-ring (bicyclic) bond motifs is 8. The molecule has 0 fully saturated rings. The number of ether oxygens (including phenoxy) is 8. The zero-order chi connectivity index (χ0) is 55.5. The second-order valence-corrected chi connectivity index (χ2v) is 25.0. The van der Waals surface area contributed by atoms with Crippen molar-refractivity contribution in [3.8, 4) is 23.0 Å². The van der Waals surface area contributed by atoms with Crippen LogP contribution >= 0.6 is 0 Å². The largest absolute Gasteiger partial charge is 0.491 e. The van der Waals surface area contributed by atoms with Gasteiger partial charge < -0.3 is 37.9 Å². The molecule has 1 aliphatic carbocycles. The Morgan fingerprint density at radius 3 is 0.632 bits per heavy atom. The third-order valence-corrected chi connectivity index (χ3v) is 17.7. The van der Waals surface area contributed by atoms with E-state index in [0.717, 1.165) is 0 Å². The Morgan fingerprint density at radius 2 is 0.487 bits per heavy atom. The Kier molecular flexibility index (Phi) is 24.2. The normalized spacial score (nSPS) is 13.2. The van der Waals surface area contributed by atoms with Crippen molar-refractivity contribution in [2.24, 2.45) is 0 Å². The van der Waals surface area contributed by atoms with E-state index < -0.39 is 40.1 Å². The first kappa shape index (κ1) is 62.4. The number of sulfonamides is 4. The van der Waals surface area contributed by atoms with Gasteiger partial charge in [0.05, 0.1) is 46.0 Å². The number of nitrogens with one attached hydrogen (secondary N) is 4. The van der Waals surface area contributed by atoms with Crippen molar-refractivity contribution in [3.05, 3.63) is 93.0 Å². The lowest BCUT2D eigenvalue weighted by Crippen LogP contribution is -2.26. The van der Waals surface area contributed by atoms with Crippen LogP contribution in [0.25, 0.3) is 0 Å². The molecule has 0 amide bonds. The van der Waals surface area contributed by atoms with E-state index in [1.165, 1.54) is 77.0 Å². The van der Waals surface area contributed by atoms with Crippen LogP contribution < -0.4 is 37.8 Å². The summed E-state index contributed by atoms with van der Waals surface area (Å²) < 4.78 is 173. The Balaban J connectivity index is 2.10. The van der Waals surface area contributed by atoms with E-state index in [2.05, 4.69) is 18.9 Å². The van der Waals surface area contributed by atoms with Crippen molar-refractivity contribution in [1.82, 2.24) is 18.9 Å². The van der Waals surface area contributed by atoms with Gasteiger partial charge in [0.25, 0.3) is 0 Å². The summed E-state index contributed by atoms with van der Waals surface area (Å²) in [6.45, 7) is 8.21. The maximum atomic E-state index is 14.4. The summed E-state index contributed by atoms with van der Waals surface area (Å²) in [6.07, 6.45) is 1.19. The smallest absolute Gasteiger partial charge is 0.240 e. The van der Waals surface area contributed by atoms with Crippen molar-refractivity contribution in [3.63, 3.8) is 0 Å². The predicted octanol–water partition coefficient (Wildman–Crippen LogP) is 5.22. The lowest BCUT2D eigenvalue weighted by molar-refractivity contribution is 0.144. The average molecular weight is 1140 g/mol. The molecule has 0 unspecified atom stereocenters. The van der Waals surface area contributed by atoms with Crippen LogP contribution in [0.15, 0.2) is 68.1 Å². The molecule has 4 aromatic rings. The van der Waals surface area contributed by atoms with Gasteiger partial charge in [-0.3, -0.25) is 0 Å². The van der Waals surface area contributed by atoms with Crippen LogP contribution in [0.1, 0.15) is 97.9 Å². The number of hydrogen-bond acceptors (Lipinski definition) is 16. The van der Waals surface area contributed by atoms with E-state index in [9.17, 15) is 33.7 Å². The first-order valence-electron chi connectivity index (χ1n) is 25.4. The molecule has 8 bridgehead atoms. The van der Waals surface area contributed by atoms with Crippen molar-refractivity contribution < 1.29 is 71.6 Å². The Morgan fingerprint density at radius 1 is 0.316 bits per heavy atom. The minimum absolute atomic E-state index is 0.00880. The molecule has 0 saturated heterocycles. The summed E-state index contributed by atoms with van der Waals surface area (Å²) in [4.78, 5) is -0.573. The minimum atomic E-state index is -4.24. The van der Waals surface area contributed by atoms with E-state index in [1.54, 1.807) is 0 Å². The zero-order valence-electron chi connectivity index (χ0n) is 44.9. The van der Waals surface area contributed by atoms with E-state index in [4.69, 9.17) is 37.9 Å². The monoisotopic (exact) mass is 1140 g/mol. The highest BCUT2D eigenvalue weighted by atomic mass is 32.2. The third kappa shape index (κ3) is 16.8. The number of rotatable bonds is 32. The van der Waals surface area contributed by atoms with Crippen LogP contribution in [0.4, 0.5) is 0 Å². The summed E-state index contributed by atoms with van der Waals surface area (Å²) in [6, 6.07) is 11.7. The molecule has 4 aromatic carbocycles. The van der Waals surface area contributed by atoms with E-state index >= 15 is 0 Å². The fourth-order valence-electron chi connectivity index (χ4n) is 8.31. The standard InChI is InChI=1S/C52H76N4O16S4/c1-9-13-53-73(57,58)45-29-37-25-39-31-46(74(59,60)54-14-10-2)33-41(50(39)70-22-18-66-6)27-43-35-48(76(63,64)56-16-12-4)36-44(52(43)72-24-20-68-8)28-42-34-47(75(61,62)55-15-11-3)32-40(51(42)71-23-19-67-7)26-38(30-45)49(37)69-21-17-65-5/h29-36,53-56H,9-28H2,1-8H3. The molecule has 0 aromatic heterocycles. The third-order valence-electron chi connectivity index (χ3n) is 11.9. The molecule has 1 aliphatic rings. The van der Waals surface area contributed by atoms with Crippen LogP contribution in [-0.4, -0.2) is 141 Å². The molecule has 76 heavy (non-hydrogen) atoms. The van der Waals surface area contributed by atoms with Crippen LogP contribution in [0.2, 0.25) is 0 Å². The van der Waals surface area contributed by atoms with Crippen LogP contribution in [0.3, 0.4) is 0 Å². The molecule has 24 heteroatoms.